The monoisotopic (exact) mass is 342 g/mol. The van der Waals surface area contributed by atoms with Crippen molar-refractivity contribution in [2.24, 2.45) is 11.8 Å². The summed E-state index contributed by atoms with van der Waals surface area (Å²) in [5.74, 6) is -0.630. The average Bonchev–Trinajstić information content (AvgIpc) is 3.17. The highest BCUT2D eigenvalue weighted by Crippen LogP contribution is 2.43. The van der Waals surface area contributed by atoms with Gasteiger partial charge in [-0.15, -0.1) is 0 Å². The fourth-order valence-corrected chi connectivity index (χ4v) is 4.79. The molecule has 2 amide bonds. The highest BCUT2D eigenvalue weighted by molar-refractivity contribution is 6.00. The van der Waals surface area contributed by atoms with Gasteiger partial charge in [-0.25, -0.2) is 4.79 Å². The molecule has 0 aromatic heterocycles. The van der Waals surface area contributed by atoms with Gasteiger partial charge >= 0.3 is 5.97 Å². The predicted molar refractivity (Wildman–Crippen MR) is 91.5 cm³/mol. The molecule has 6 nitrogen and oxygen atoms in total. The van der Waals surface area contributed by atoms with E-state index in [1.165, 1.54) is 0 Å². The standard InChI is InChI=1S/C19H22N2O4/c1-20-15-7-5-12(9-11(15)6-8-16(20)22)18(23)21-10-13-3-2-4-14(13)17(21)19(24)25/h5,7,9,13-14,17H,2-4,6,8,10H2,1H3,(H,24,25)/t13-,14+,17+/m0/s1. The maximum Gasteiger partial charge on any atom is 0.326 e. The van der Waals surface area contributed by atoms with E-state index in [0.717, 1.165) is 30.5 Å². The van der Waals surface area contributed by atoms with Crippen LogP contribution in [0.5, 0.6) is 0 Å². The van der Waals surface area contributed by atoms with Crippen molar-refractivity contribution >= 4 is 23.5 Å². The van der Waals surface area contributed by atoms with Crippen LogP contribution in [-0.4, -0.2) is 47.4 Å². The van der Waals surface area contributed by atoms with Gasteiger partial charge in [0.25, 0.3) is 5.91 Å². The highest BCUT2D eigenvalue weighted by atomic mass is 16.4. The van der Waals surface area contributed by atoms with E-state index in [9.17, 15) is 19.5 Å². The first-order valence-electron chi connectivity index (χ1n) is 8.90. The second-order valence-corrected chi connectivity index (χ2v) is 7.39. The lowest BCUT2D eigenvalue weighted by Crippen LogP contribution is -2.43. The molecule has 1 aliphatic carbocycles. The number of carbonyl (C=O) groups excluding carboxylic acids is 2. The number of anilines is 1. The van der Waals surface area contributed by atoms with Crippen molar-refractivity contribution in [1.29, 1.82) is 0 Å². The second-order valence-electron chi connectivity index (χ2n) is 7.39. The number of nitrogens with zero attached hydrogens (tertiary/aromatic N) is 2. The van der Waals surface area contributed by atoms with Gasteiger partial charge in [0.15, 0.2) is 0 Å². The van der Waals surface area contributed by atoms with Crippen LogP contribution in [0.15, 0.2) is 18.2 Å². The molecule has 4 rings (SSSR count). The Hall–Kier alpha value is -2.37. The number of carboxylic acid groups (broad SMARTS) is 1. The molecule has 1 N–H and O–H groups in total. The minimum atomic E-state index is -0.897. The lowest BCUT2D eigenvalue weighted by Gasteiger charge is -2.28. The number of fused-ring (bicyclic) bond motifs is 2. The quantitative estimate of drug-likeness (QED) is 0.891. The smallest absolute Gasteiger partial charge is 0.326 e. The minimum absolute atomic E-state index is 0.0740. The molecule has 132 valence electrons. The van der Waals surface area contributed by atoms with E-state index in [2.05, 4.69) is 0 Å². The highest BCUT2D eigenvalue weighted by Gasteiger charge is 2.49. The Kier molecular flexibility index (Phi) is 3.78. The van der Waals surface area contributed by atoms with E-state index in [4.69, 9.17) is 0 Å². The zero-order valence-electron chi connectivity index (χ0n) is 14.3. The largest absolute Gasteiger partial charge is 0.480 e. The van der Waals surface area contributed by atoms with Crippen LogP contribution in [0.4, 0.5) is 5.69 Å². The van der Waals surface area contributed by atoms with Crippen LogP contribution in [0.2, 0.25) is 0 Å². The van der Waals surface area contributed by atoms with E-state index in [1.54, 1.807) is 29.0 Å². The SMILES string of the molecule is CN1C(=O)CCc2cc(C(=O)N3C[C@@H]4CCC[C@H]4[C@@H]3C(=O)O)ccc21. The molecule has 1 aromatic carbocycles. The molecule has 1 aromatic rings. The first-order valence-corrected chi connectivity index (χ1v) is 8.90. The van der Waals surface area contributed by atoms with Gasteiger partial charge in [0.1, 0.15) is 6.04 Å². The molecular weight excluding hydrogens is 320 g/mol. The maximum atomic E-state index is 13.0. The van der Waals surface area contributed by atoms with Crippen molar-refractivity contribution in [3.63, 3.8) is 0 Å². The number of hydrogen-bond acceptors (Lipinski definition) is 3. The number of amides is 2. The van der Waals surface area contributed by atoms with Gasteiger partial charge in [-0.1, -0.05) is 6.42 Å². The molecule has 2 heterocycles. The van der Waals surface area contributed by atoms with Crippen molar-refractivity contribution in [1.82, 2.24) is 4.90 Å². The molecule has 2 fully saturated rings. The molecule has 6 heteroatoms. The molecule has 1 saturated carbocycles. The summed E-state index contributed by atoms with van der Waals surface area (Å²) in [6, 6.07) is 4.63. The number of carbonyl (C=O) groups is 3. The van der Waals surface area contributed by atoms with Crippen LogP contribution >= 0.6 is 0 Å². The average molecular weight is 342 g/mol. The normalized spacial score (nSPS) is 28.0. The Morgan fingerprint density at radius 3 is 2.76 bits per heavy atom. The summed E-state index contributed by atoms with van der Waals surface area (Å²) in [5.41, 5.74) is 2.33. The molecule has 3 aliphatic rings. The number of aryl methyl sites for hydroxylation is 1. The number of likely N-dealkylation sites (tertiary alicyclic amines) is 1. The number of carboxylic acids is 1. The third-order valence-corrected chi connectivity index (χ3v) is 6.07. The van der Waals surface area contributed by atoms with Crippen LogP contribution in [0.3, 0.4) is 0 Å². The minimum Gasteiger partial charge on any atom is -0.480 e. The van der Waals surface area contributed by atoms with Crippen LogP contribution in [-0.2, 0) is 16.0 Å². The summed E-state index contributed by atoms with van der Waals surface area (Å²) in [6.07, 6.45) is 4.01. The van der Waals surface area contributed by atoms with E-state index >= 15 is 0 Å². The Bertz CT molecular complexity index is 760. The number of benzene rings is 1. The van der Waals surface area contributed by atoms with Crippen molar-refractivity contribution in [3.8, 4) is 0 Å². The zero-order chi connectivity index (χ0) is 17.7. The van der Waals surface area contributed by atoms with Gasteiger partial charge in [-0.05, 0) is 54.9 Å². The summed E-state index contributed by atoms with van der Waals surface area (Å²) >= 11 is 0. The van der Waals surface area contributed by atoms with Crippen molar-refractivity contribution in [3.05, 3.63) is 29.3 Å². The first-order chi connectivity index (χ1) is 12.0. The van der Waals surface area contributed by atoms with E-state index in [-0.39, 0.29) is 17.7 Å². The van der Waals surface area contributed by atoms with Gasteiger partial charge in [-0.3, -0.25) is 9.59 Å². The predicted octanol–water partition coefficient (Wildman–Crippen LogP) is 1.92. The summed E-state index contributed by atoms with van der Waals surface area (Å²) in [7, 11) is 1.74. The van der Waals surface area contributed by atoms with Gasteiger partial charge < -0.3 is 14.9 Å². The molecule has 2 aliphatic heterocycles. The van der Waals surface area contributed by atoms with Crippen LogP contribution in [0.25, 0.3) is 0 Å². The molecule has 1 saturated heterocycles. The Morgan fingerprint density at radius 2 is 2.00 bits per heavy atom. The molecule has 25 heavy (non-hydrogen) atoms. The lowest BCUT2D eigenvalue weighted by molar-refractivity contribution is -0.142. The number of hydrogen-bond donors (Lipinski definition) is 1. The van der Waals surface area contributed by atoms with Crippen LogP contribution in [0, 0.1) is 11.8 Å². The fourth-order valence-electron chi connectivity index (χ4n) is 4.79. The molecule has 0 bridgehead atoms. The van der Waals surface area contributed by atoms with E-state index in [1.807, 2.05) is 6.07 Å². The topological polar surface area (TPSA) is 77.9 Å². The van der Waals surface area contributed by atoms with Gasteiger partial charge in [-0.2, -0.15) is 0 Å². The molecule has 3 atom stereocenters. The molecule has 0 spiro atoms. The molecule has 0 radical (unpaired) electrons. The van der Waals surface area contributed by atoms with Gasteiger partial charge in [0, 0.05) is 31.3 Å². The van der Waals surface area contributed by atoms with Crippen molar-refractivity contribution < 1.29 is 19.5 Å². The number of aliphatic carboxylic acids is 1. The Morgan fingerprint density at radius 1 is 1.20 bits per heavy atom. The lowest BCUT2D eigenvalue weighted by atomic mass is 9.94. The molecule has 0 unspecified atom stereocenters. The van der Waals surface area contributed by atoms with Gasteiger partial charge in [0.05, 0.1) is 0 Å². The fraction of sp³-hybridized carbons (Fsp3) is 0.526. The van der Waals surface area contributed by atoms with Crippen molar-refractivity contribution in [2.75, 3.05) is 18.5 Å². The maximum absolute atomic E-state index is 13.0. The van der Waals surface area contributed by atoms with Gasteiger partial charge in [0.2, 0.25) is 5.91 Å². The first kappa shape index (κ1) is 16.1. The van der Waals surface area contributed by atoms with Crippen LogP contribution < -0.4 is 4.90 Å². The Labute approximate surface area is 146 Å². The molecular formula is C19H22N2O4. The summed E-state index contributed by atoms with van der Waals surface area (Å²) in [6.45, 7) is 0.538. The third kappa shape index (κ3) is 2.51. The zero-order valence-corrected chi connectivity index (χ0v) is 14.3. The second kappa shape index (κ2) is 5.86. The van der Waals surface area contributed by atoms with E-state index < -0.39 is 12.0 Å². The van der Waals surface area contributed by atoms with Crippen molar-refractivity contribution in [2.45, 2.75) is 38.1 Å². The number of rotatable bonds is 2. The summed E-state index contributed by atoms with van der Waals surface area (Å²) in [5, 5.41) is 9.64. The van der Waals surface area contributed by atoms with E-state index in [0.29, 0.717) is 30.9 Å². The summed E-state index contributed by atoms with van der Waals surface area (Å²) < 4.78 is 0. The summed E-state index contributed by atoms with van der Waals surface area (Å²) in [4.78, 5) is 39.7. The Balaban J connectivity index is 1.63. The van der Waals surface area contributed by atoms with Crippen LogP contribution in [0.1, 0.15) is 41.6 Å². The third-order valence-electron chi connectivity index (χ3n) is 6.07.